The first-order valence-corrected chi connectivity index (χ1v) is 8.33. The van der Waals surface area contributed by atoms with E-state index in [2.05, 4.69) is 15.6 Å². The molecule has 0 saturated carbocycles. The van der Waals surface area contributed by atoms with Gasteiger partial charge in [-0.05, 0) is 19.1 Å². The molecule has 1 heterocycles. The molecule has 0 aliphatic heterocycles. The molecule has 1 aromatic carbocycles. The van der Waals surface area contributed by atoms with E-state index in [-0.39, 0.29) is 18.9 Å². The predicted molar refractivity (Wildman–Crippen MR) is 94.6 cm³/mol. The van der Waals surface area contributed by atoms with Crippen LogP contribution in [-0.2, 0) is 16.0 Å². The summed E-state index contributed by atoms with van der Waals surface area (Å²) in [4.78, 5) is 27.6. The number of carbonyl (C=O) groups is 2. The van der Waals surface area contributed by atoms with Gasteiger partial charge >= 0.3 is 6.09 Å². The predicted octanol–water partition coefficient (Wildman–Crippen LogP) is 2.91. The summed E-state index contributed by atoms with van der Waals surface area (Å²) in [7, 11) is 3.07. The van der Waals surface area contributed by atoms with Crippen molar-refractivity contribution >= 4 is 34.2 Å². The first-order valence-electron chi connectivity index (χ1n) is 7.45. The Balaban J connectivity index is 1.94. The number of rotatable bonds is 7. The van der Waals surface area contributed by atoms with Gasteiger partial charge in [-0.3, -0.25) is 10.1 Å². The minimum atomic E-state index is -0.571. The molecule has 134 valence electrons. The van der Waals surface area contributed by atoms with Crippen molar-refractivity contribution in [2.75, 3.05) is 31.5 Å². The molecule has 9 heteroatoms. The molecular weight excluding hydrogens is 346 g/mol. The SMILES string of the molecule is CCOC(=O)Nc1nc(CC(=O)Nc2ccc(OC)c(OC)c2)cs1. The quantitative estimate of drug-likeness (QED) is 0.783. The van der Waals surface area contributed by atoms with Crippen LogP contribution in [0.3, 0.4) is 0 Å². The van der Waals surface area contributed by atoms with Crippen LogP contribution >= 0.6 is 11.3 Å². The molecule has 0 aliphatic rings. The third-order valence-electron chi connectivity index (χ3n) is 3.05. The summed E-state index contributed by atoms with van der Waals surface area (Å²) in [5, 5.41) is 7.35. The third-order valence-corrected chi connectivity index (χ3v) is 3.85. The molecule has 0 aliphatic carbocycles. The molecule has 2 N–H and O–H groups in total. The number of benzene rings is 1. The van der Waals surface area contributed by atoms with Gasteiger partial charge in [0.15, 0.2) is 16.6 Å². The second kappa shape index (κ2) is 8.88. The van der Waals surface area contributed by atoms with Crippen molar-refractivity contribution in [1.29, 1.82) is 0 Å². The number of anilines is 2. The Morgan fingerprint density at radius 2 is 1.92 bits per heavy atom. The molecule has 0 unspecified atom stereocenters. The van der Waals surface area contributed by atoms with Crippen LogP contribution in [0.2, 0.25) is 0 Å². The molecule has 2 aromatic rings. The minimum absolute atomic E-state index is 0.0787. The van der Waals surface area contributed by atoms with Gasteiger partial charge in [-0.15, -0.1) is 11.3 Å². The Labute approximate surface area is 149 Å². The van der Waals surface area contributed by atoms with E-state index in [4.69, 9.17) is 14.2 Å². The maximum atomic E-state index is 12.1. The lowest BCUT2D eigenvalue weighted by molar-refractivity contribution is -0.115. The fourth-order valence-electron chi connectivity index (χ4n) is 1.98. The Bertz CT molecular complexity index is 747. The van der Waals surface area contributed by atoms with Crippen LogP contribution in [0.4, 0.5) is 15.6 Å². The van der Waals surface area contributed by atoms with Crippen LogP contribution in [0.15, 0.2) is 23.6 Å². The monoisotopic (exact) mass is 365 g/mol. The average molecular weight is 365 g/mol. The van der Waals surface area contributed by atoms with E-state index in [1.54, 1.807) is 37.6 Å². The van der Waals surface area contributed by atoms with Crippen molar-refractivity contribution in [2.24, 2.45) is 0 Å². The number of hydrogen-bond donors (Lipinski definition) is 2. The van der Waals surface area contributed by atoms with Crippen LogP contribution in [0.5, 0.6) is 11.5 Å². The van der Waals surface area contributed by atoms with Gasteiger partial charge in [-0.1, -0.05) is 0 Å². The molecule has 1 aromatic heterocycles. The van der Waals surface area contributed by atoms with E-state index in [1.807, 2.05) is 0 Å². The molecule has 8 nitrogen and oxygen atoms in total. The minimum Gasteiger partial charge on any atom is -0.493 e. The number of nitrogens with one attached hydrogen (secondary N) is 2. The number of carbonyl (C=O) groups excluding carboxylic acids is 2. The Hall–Kier alpha value is -2.81. The van der Waals surface area contributed by atoms with Crippen molar-refractivity contribution in [3.05, 3.63) is 29.3 Å². The van der Waals surface area contributed by atoms with Gasteiger partial charge in [-0.2, -0.15) is 0 Å². The Kier molecular flexibility index (Phi) is 6.58. The number of thiazole rings is 1. The zero-order valence-corrected chi connectivity index (χ0v) is 14.9. The maximum absolute atomic E-state index is 12.1. The van der Waals surface area contributed by atoms with Gasteiger partial charge in [0.1, 0.15) is 0 Å². The van der Waals surface area contributed by atoms with Gasteiger partial charge in [0.05, 0.1) is 32.9 Å². The van der Waals surface area contributed by atoms with Gasteiger partial charge in [-0.25, -0.2) is 9.78 Å². The van der Waals surface area contributed by atoms with Gasteiger partial charge in [0.2, 0.25) is 5.91 Å². The van der Waals surface area contributed by atoms with Gasteiger partial charge < -0.3 is 19.5 Å². The molecule has 0 atom stereocenters. The fraction of sp³-hybridized carbons (Fsp3) is 0.312. The molecule has 0 saturated heterocycles. The van der Waals surface area contributed by atoms with Crippen molar-refractivity contribution in [2.45, 2.75) is 13.3 Å². The molecule has 0 fully saturated rings. The highest BCUT2D eigenvalue weighted by molar-refractivity contribution is 7.13. The van der Waals surface area contributed by atoms with Crippen molar-refractivity contribution < 1.29 is 23.8 Å². The van der Waals surface area contributed by atoms with Crippen LogP contribution in [-0.4, -0.2) is 37.8 Å². The second-order valence-electron chi connectivity index (χ2n) is 4.78. The standard InChI is InChI=1S/C16H19N3O5S/c1-4-24-16(21)19-15-18-11(9-25-15)8-14(20)17-10-5-6-12(22-2)13(7-10)23-3/h5-7,9H,4,8H2,1-3H3,(H,17,20)(H,18,19,21). The number of nitrogens with zero attached hydrogens (tertiary/aromatic N) is 1. The number of methoxy groups -OCH3 is 2. The summed E-state index contributed by atoms with van der Waals surface area (Å²) in [6.45, 7) is 1.99. The molecule has 0 radical (unpaired) electrons. The lowest BCUT2D eigenvalue weighted by Crippen LogP contribution is -2.15. The van der Waals surface area contributed by atoms with E-state index in [1.165, 1.54) is 18.4 Å². The Morgan fingerprint density at radius 3 is 2.60 bits per heavy atom. The van der Waals surface area contributed by atoms with Gasteiger partial charge in [0.25, 0.3) is 0 Å². The highest BCUT2D eigenvalue weighted by atomic mass is 32.1. The normalized spacial score (nSPS) is 10.0. The zero-order valence-electron chi connectivity index (χ0n) is 14.1. The molecule has 0 bridgehead atoms. The van der Waals surface area contributed by atoms with Crippen LogP contribution in [0.1, 0.15) is 12.6 Å². The van der Waals surface area contributed by atoms with E-state index < -0.39 is 6.09 Å². The number of ether oxygens (including phenoxy) is 3. The second-order valence-corrected chi connectivity index (χ2v) is 5.64. The van der Waals surface area contributed by atoms with E-state index in [0.29, 0.717) is 28.0 Å². The third kappa shape index (κ3) is 5.35. The zero-order chi connectivity index (χ0) is 18.2. The summed E-state index contributed by atoms with van der Waals surface area (Å²) >= 11 is 1.22. The fourth-order valence-corrected chi connectivity index (χ4v) is 2.68. The maximum Gasteiger partial charge on any atom is 0.413 e. The summed E-state index contributed by atoms with van der Waals surface area (Å²) in [5.74, 6) is 0.866. The van der Waals surface area contributed by atoms with E-state index >= 15 is 0 Å². The van der Waals surface area contributed by atoms with Crippen LogP contribution in [0.25, 0.3) is 0 Å². The van der Waals surface area contributed by atoms with Gasteiger partial charge in [0, 0.05) is 17.1 Å². The van der Waals surface area contributed by atoms with E-state index in [9.17, 15) is 9.59 Å². The topological polar surface area (TPSA) is 98.8 Å². The number of amides is 2. The van der Waals surface area contributed by atoms with Crippen molar-refractivity contribution in [3.63, 3.8) is 0 Å². The molecule has 2 amide bonds. The van der Waals surface area contributed by atoms with Crippen LogP contribution < -0.4 is 20.1 Å². The first kappa shape index (κ1) is 18.5. The van der Waals surface area contributed by atoms with E-state index in [0.717, 1.165) is 0 Å². The number of hydrogen-bond acceptors (Lipinski definition) is 7. The average Bonchev–Trinajstić information content (AvgIpc) is 3.01. The summed E-state index contributed by atoms with van der Waals surface area (Å²) in [6.07, 6.45) is -0.492. The Morgan fingerprint density at radius 1 is 1.16 bits per heavy atom. The molecule has 0 spiro atoms. The highest BCUT2D eigenvalue weighted by Crippen LogP contribution is 2.29. The van der Waals surface area contributed by atoms with Crippen LogP contribution in [0, 0.1) is 0 Å². The molecular formula is C16H19N3O5S. The van der Waals surface area contributed by atoms with Crippen molar-refractivity contribution in [1.82, 2.24) is 4.98 Å². The summed E-state index contributed by atoms with van der Waals surface area (Å²) in [5.41, 5.74) is 1.14. The molecule has 25 heavy (non-hydrogen) atoms. The lowest BCUT2D eigenvalue weighted by atomic mass is 10.2. The first-order chi connectivity index (χ1) is 12.0. The smallest absolute Gasteiger partial charge is 0.413 e. The van der Waals surface area contributed by atoms with Crippen molar-refractivity contribution in [3.8, 4) is 11.5 Å². The highest BCUT2D eigenvalue weighted by Gasteiger charge is 2.12. The largest absolute Gasteiger partial charge is 0.493 e. The summed E-state index contributed by atoms with van der Waals surface area (Å²) < 4.78 is 15.1. The summed E-state index contributed by atoms with van der Waals surface area (Å²) in [6, 6.07) is 5.10. The number of aromatic nitrogens is 1. The lowest BCUT2D eigenvalue weighted by Gasteiger charge is -2.10. The molecule has 2 rings (SSSR count).